The van der Waals surface area contributed by atoms with Gasteiger partial charge in [0.2, 0.25) is 0 Å². The van der Waals surface area contributed by atoms with Crippen molar-refractivity contribution in [1.82, 2.24) is 0 Å². The zero-order valence-corrected chi connectivity index (χ0v) is 12.1. The van der Waals surface area contributed by atoms with E-state index in [9.17, 15) is 8.42 Å². The van der Waals surface area contributed by atoms with Crippen LogP contribution >= 0.6 is 11.3 Å². The van der Waals surface area contributed by atoms with Crippen molar-refractivity contribution in [2.45, 2.75) is 17.6 Å². The molecular formula is C13H15NO3S2. The highest BCUT2D eigenvalue weighted by Crippen LogP contribution is 2.22. The predicted molar refractivity (Wildman–Crippen MR) is 77.4 cm³/mol. The van der Waals surface area contributed by atoms with Crippen LogP contribution in [-0.4, -0.2) is 15.0 Å². The van der Waals surface area contributed by atoms with Crippen molar-refractivity contribution in [2.24, 2.45) is 0 Å². The van der Waals surface area contributed by atoms with E-state index >= 15 is 0 Å². The smallest absolute Gasteiger partial charge is 0.271 e. The van der Waals surface area contributed by atoms with Gasteiger partial charge in [0.05, 0.1) is 6.61 Å². The highest BCUT2D eigenvalue weighted by atomic mass is 32.2. The third kappa shape index (κ3) is 3.71. The average molecular weight is 297 g/mol. The lowest BCUT2D eigenvalue weighted by molar-refractivity contribution is 0.317. The Hall–Kier alpha value is -1.53. The first-order valence-corrected chi connectivity index (χ1v) is 8.27. The van der Waals surface area contributed by atoms with Crippen molar-refractivity contribution in [2.75, 3.05) is 11.3 Å². The quantitative estimate of drug-likeness (QED) is 0.889. The van der Waals surface area contributed by atoms with Crippen molar-refractivity contribution in [3.05, 3.63) is 41.8 Å². The van der Waals surface area contributed by atoms with E-state index in [1.165, 1.54) is 11.3 Å². The number of nitrogens with one attached hydrogen (secondary N) is 1. The fourth-order valence-corrected chi connectivity index (χ4v) is 3.51. The van der Waals surface area contributed by atoms with Crippen LogP contribution in [0.2, 0.25) is 0 Å². The standard InChI is InChI=1S/C13H15NO3S2/c1-2-9-17-12-7-5-11(6-8-12)14-19(15,16)13-4-3-10-18-13/h3-8,10,14H,2,9H2,1H3. The highest BCUT2D eigenvalue weighted by molar-refractivity contribution is 7.94. The van der Waals surface area contributed by atoms with Crippen LogP contribution in [0.3, 0.4) is 0 Å². The summed E-state index contributed by atoms with van der Waals surface area (Å²) in [6, 6.07) is 10.2. The van der Waals surface area contributed by atoms with Crippen molar-refractivity contribution >= 4 is 27.0 Å². The maximum Gasteiger partial charge on any atom is 0.271 e. The van der Waals surface area contributed by atoms with Crippen molar-refractivity contribution in [3.8, 4) is 5.75 Å². The van der Waals surface area contributed by atoms with Crippen LogP contribution in [-0.2, 0) is 10.0 Å². The van der Waals surface area contributed by atoms with Crippen molar-refractivity contribution in [3.63, 3.8) is 0 Å². The summed E-state index contributed by atoms with van der Waals surface area (Å²) in [5.41, 5.74) is 0.525. The molecule has 2 rings (SSSR count). The van der Waals surface area contributed by atoms with Crippen LogP contribution in [0.15, 0.2) is 46.0 Å². The molecule has 0 saturated carbocycles. The Morgan fingerprint density at radius 3 is 2.53 bits per heavy atom. The van der Waals surface area contributed by atoms with Gasteiger partial charge in [-0.05, 0) is 42.1 Å². The predicted octanol–water partition coefficient (Wildman–Crippen LogP) is 3.34. The largest absolute Gasteiger partial charge is 0.494 e. The second-order valence-corrected chi connectivity index (χ2v) is 6.77. The lowest BCUT2D eigenvalue weighted by atomic mass is 10.3. The maximum atomic E-state index is 12.0. The molecule has 0 radical (unpaired) electrons. The Bertz CT molecular complexity index is 604. The molecule has 4 nitrogen and oxygen atoms in total. The monoisotopic (exact) mass is 297 g/mol. The summed E-state index contributed by atoms with van der Waals surface area (Å²) in [4.78, 5) is 0. The van der Waals surface area contributed by atoms with E-state index in [2.05, 4.69) is 4.72 Å². The molecule has 0 aliphatic rings. The van der Waals surface area contributed by atoms with E-state index in [4.69, 9.17) is 4.74 Å². The van der Waals surface area contributed by atoms with E-state index in [0.29, 0.717) is 16.5 Å². The van der Waals surface area contributed by atoms with Crippen LogP contribution in [0.5, 0.6) is 5.75 Å². The van der Waals surface area contributed by atoms with E-state index in [-0.39, 0.29) is 0 Å². The van der Waals surface area contributed by atoms with Crippen molar-refractivity contribution < 1.29 is 13.2 Å². The van der Waals surface area contributed by atoms with E-state index in [0.717, 1.165) is 12.2 Å². The number of sulfonamides is 1. The summed E-state index contributed by atoms with van der Waals surface area (Å²) in [5.74, 6) is 0.737. The van der Waals surface area contributed by atoms with Gasteiger partial charge in [-0.3, -0.25) is 4.72 Å². The number of hydrogen-bond acceptors (Lipinski definition) is 4. The fourth-order valence-electron chi connectivity index (χ4n) is 1.46. The van der Waals surface area contributed by atoms with Crippen LogP contribution in [0.1, 0.15) is 13.3 Å². The Balaban J connectivity index is 2.07. The van der Waals surface area contributed by atoms with Gasteiger partial charge in [0.1, 0.15) is 9.96 Å². The highest BCUT2D eigenvalue weighted by Gasteiger charge is 2.14. The molecule has 1 N–H and O–H groups in total. The van der Waals surface area contributed by atoms with Crippen LogP contribution in [0, 0.1) is 0 Å². The third-order valence-corrected chi connectivity index (χ3v) is 5.12. The summed E-state index contributed by atoms with van der Waals surface area (Å²) >= 11 is 1.19. The molecule has 0 spiro atoms. The van der Waals surface area contributed by atoms with Crippen LogP contribution < -0.4 is 9.46 Å². The van der Waals surface area contributed by atoms with Gasteiger partial charge in [-0.25, -0.2) is 8.42 Å². The molecule has 1 heterocycles. The molecule has 0 bridgehead atoms. The number of benzene rings is 1. The molecular weight excluding hydrogens is 282 g/mol. The minimum Gasteiger partial charge on any atom is -0.494 e. The molecule has 0 amide bonds. The Labute approximate surface area is 117 Å². The number of anilines is 1. The molecule has 1 aromatic carbocycles. The SMILES string of the molecule is CCCOc1ccc(NS(=O)(=O)c2cccs2)cc1. The minimum absolute atomic E-state index is 0.304. The maximum absolute atomic E-state index is 12.0. The van der Waals surface area contributed by atoms with Gasteiger partial charge in [-0.1, -0.05) is 13.0 Å². The second kappa shape index (κ2) is 6.08. The van der Waals surface area contributed by atoms with Gasteiger partial charge in [0.25, 0.3) is 10.0 Å². The molecule has 0 aliphatic carbocycles. The number of ether oxygens (including phenoxy) is 1. The summed E-state index contributed by atoms with van der Waals surface area (Å²) < 4.78 is 32.2. The summed E-state index contributed by atoms with van der Waals surface area (Å²) in [6.07, 6.45) is 0.937. The Morgan fingerprint density at radius 2 is 1.95 bits per heavy atom. The van der Waals surface area contributed by atoms with Gasteiger partial charge >= 0.3 is 0 Å². The lowest BCUT2D eigenvalue weighted by Crippen LogP contribution is -2.11. The van der Waals surface area contributed by atoms with E-state index < -0.39 is 10.0 Å². The molecule has 0 unspecified atom stereocenters. The number of rotatable bonds is 6. The Morgan fingerprint density at radius 1 is 1.21 bits per heavy atom. The molecule has 0 fully saturated rings. The zero-order valence-electron chi connectivity index (χ0n) is 10.5. The van der Waals surface area contributed by atoms with Gasteiger partial charge in [0, 0.05) is 5.69 Å². The lowest BCUT2D eigenvalue weighted by Gasteiger charge is -2.08. The molecule has 6 heteroatoms. The van der Waals surface area contributed by atoms with Gasteiger partial charge in [-0.2, -0.15) is 0 Å². The molecule has 1 aromatic heterocycles. The second-order valence-electron chi connectivity index (χ2n) is 3.91. The molecule has 2 aromatic rings. The first-order chi connectivity index (χ1) is 9.12. The Kier molecular flexibility index (Phi) is 4.44. The average Bonchev–Trinajstić information content (AvgIpc) is 2.92. The summed E-state index contributed by atoms with van der Waals surface area (Å²) in [5, 5.41) is 1.73. The first-order valence-electron chi connectivity index (χ1n) is 5.91. The topological polar surface area (TPSA) is 55.4 Å². The fraction of sp³-hybridized carbons (Fsp3) is 0.231. The van der Waals surface area contributed by atoms with Gasteiger partial charge < -0.3 is 4.74 Å². The molecule has 0 aliphatic heterocycles. The van der Waals surface area contributed by atoms with Crippen molar-refractivity contribution in [1.29, 1.82) is 0 Å². The third-order valence-electron chi connectivity index (χ3n) is 2.34. The van der Waals surface area contributed by atoms with Gasteiger partial charge in [0.15, 0.2) is 0 Å². The number of thiophene rings is 1. The van der Waals surface area contributed by atoms with E-state index in [1.807, 2.05) is 6.92 Å². The van der Waals surface area contributed by atoms with Crippen LogP contribution in [0.4, 0.5) is 5.69 Å². The molecule has 0 atom stereocenters. The minimum atomic E-state index is -3.47. The molecule has 102 valence electrons. The first kappa shape index (κ1) is 13.9. The van der Waals surface area contributed by atoms with Gasteiger partial charge in [-0.15, -0.1) is 11.3 Å². The molecule has 19 heavy (non-hydrogen) atoms. The zero-order chi connectivity index (χ0) is 13.7. The normalized spacial score (nSPS) is 11.2. The summed E-state index contributed by atoms with van der Waals surface area (Å²) in [6.45, 7) is 2.68. The summed E-state index contributed by atoms with van der Waals surface area (Å²) in [7, 11) is -3.47. The number of hydrogen-bond donors (Lipinski definition) is 1. The van der Waals surface area contributed by atoms with E-state index in [1.54, 1.807) is 41.8 Å². The van der Waals surface area contributed by atoms with Crippen LogP contribution in [0.25, 0.3) is 0 Å². The molecule has 0 saturated heterocycles.